The van der Waals surface area contributed by atoms with E-state index in [0.717, 1.165) is 12.8 Å². The van der Waals surface area contributed by atoms with Crippen molar-refractivity contribution < 1.29 is 19.8 Å². The number of unbranched alkanes of at least 4 members (excludes halogenated alkanes) is 5. The lowest BCUT2D eigenvalue weighted by Crippen LogP contribution is -2.21. The summed E-state index contributed by atoms with van der Waals surface area (Å²) in [4.78, 5) is 25.5. The van der Waals surface area contributed by atoms with E-state index in [1.54, 1.807) is 24.3 Å². The molecule has 27 heavy (non-hydrogen) atoms. The van der Waals surface area contributed by atoms with Crippen LogP contribution in [0.15, 0.2) is 30.3 Å². The van der Waals surface area contributed by atoms with Crippen molar-refractivity contribution >= 4 is 17.3 Å². The van der Waals surface area contributed by atoms with Gasteiger partial charge in [-0.1, -0.05) is 63.3 Å². The quantitative estimate of drug-likeness (QED) is 0.307. The number of carbonyl (C=O) groups excluding carboxylic acids is 2. The second kappa shape index (κ2) is 8.25. The lowest BCUT2D eigenvalue weighted by Gasteiger charge is -2.21. The van der Waals surface area contributed by atoms with Crippen molar-refractivity contribution in [3.05, 3.63) is 52.6 Å². The van der Waals surface area contributed by atoms with Crippen molar-refractivity contribution in [2.45, 2.75) is 45.4 Å². The number of phenolic OH excluding ortho intramolecular Hbond substituents is 2. The normalized spacial score (nSPS) is 12.6. The molecule has 0 saturated carbocycles. The highest BCUT2D eigenvalue weighted by Gasteiger charge is 2.35. The molecule has 1 aliphatic rings. The molecule has 0 aliphatic heterocycles. The Morgan fingerprint density at radius 3 is 2.11 bits per heavy atom. The predicted molar refractivity (Wildman–Crippen MR) is 105 cm³/mol. The van der Waals surface area contributed by atoms with Crippen molar-refractivity contribution in [3.63, 3.8) is 0 Å². The van der Waals surface area contributed by atoms with Crippen LogP contribution in [0, 0.1) is 0 Å². The fraction of sp³-hybridized carbons (Fsp3) is 0.364. The maximum absolute atomic E-state index is 12.8. The van der Waals surface area contributed by atoms with Gasteiger partial charge in [-0.25, -0.2) is 0 Å². The number of anilines is 1. The van der Waals surface area contributed by atoms with Crippen LogP contribution in [0.5, 0.6) is 11.5 Å². The van der Waals surface area contributed by atoms with Crippen LogP contribution in [-0.2, 0) is 0 Å². The highest BCUT2D eigenvalue weighted by atomic mass is 16.3. The van der Waals surface area contributed by atoms with Crippen molar-refractivity contribution in [1.29, 1.82) is 0 Å². The van der Waals surface area contributed by atoms with E-state index in [1.165, 1.54) is 31.7 Å². The number of carbonyl (C=O) groups is 2. The highest BCUT2D eigenvalue weighted by molar-refractivity contribution is 6.30. The molecule has 2 aromatic carbocycles. The van der Waals surface area contributed by atoms with Crippen LogP contribution in [-0.4, -0.2) is 28.3 Å². The number of benzene rings is 2. The summed E-state index contributed by atoms with van der Waals surface area (Å²) in [5.74, 6) is -1.46. The molecular weight excluding hydrogens is 342 g/mol. The summed E-state index contributed by atoms with van der Waals surface area (Å²) < 4.78 is 0. The zero-order valence-corrected chi connectivity index (χ0v) is 15.5. The number of hydrogen-bond acceptors (Lipinski definition) is 5. The molecular formula is C22H25NO4. The number of fused-ring (bicyclic) bond motifs is 2. The van der Waals surface area contributed by atoms with E-state index in [-0.39, 0.29) is 39.4 Å². The smallest absolute Gasteiger partial charge is 0.198 e. The van der Waals surface area contributed by atoms with Crippen molar-refractivity contribution in [3.8, 4) is 11.5 Å². The van der Waals surface area contributed by atoms with Gasteiger partial charge in [0.2, 0.25) is 0 Å². The van der Waals surface area contributed by atoms with Crippen LogP contribution in [0.2, 0.25) is 0 Å². The summed E-state index contributed by atoms with van der Waals surface area (Å²) in [5, 5.41) is 24.0. The van der Waals surface area contributed by atoms with E-state index in [0.29, 0.717) is 6.54 Å². The van der Waals surface area contributed by atoms with Gasteiger partial charge in [0.15, 0.2) is 17.3 Å². The fourth-order valence-electron chi connectivity index (χ4n) is 3.52. The fourth-order valence-corrected chi connectivity index (χ4v) is 3.52. The summed E-state index contributed by atoms with van der Waals surface area (Å²) in [6.07, 6.45) is 6.84. The Kier molecular flexibility index (Phi) is 5.79. The van der Waals surface area contributed by atoms with E-state index in [4.69, 9.17) is 0 Å². The molecule has 5 heteroatoms. The van der Waals surface area contributed by atoms with Gasteiger partial charge in [0, 0.05) is 23.7 Å². The Morgan fingerprint density at radius 2 is 1.44 bits per heavy atom. The molecule has 1 aliphatic carbocycles. The molecule has 5 nitrogen and oxygen atoms in total. The topological polar surface area (TPSA) is 86.6 Å². The predicted octanol–water partition coefficient (Wildman–Crippen LogP) is 4.65. The van der Waals surface area contributed by atoms with Gasteiger partial charge >= 0.3 is 0 Å². The first-order valence-electron chi connectivity index (χ1n) is 9.57. The Balaban J connectivity index is 1.79. The lowest BCUT2D eigenvalue weighted by molar-refractivity contribution is 0.0974. The second-order valence-corrected chi connectivity index (χ2v) is 6.94. The van der Waals surface area contributed by atoms with Crippen LogP contribution in [0.4, 0.5) is 5.69 Å². The van der Waals surface area contributed by atoms with Crippen molar-refractivity contribution in [2.24, 2.45) is 0 Å². The number of hydrogen-bond donors (Lipinski definition) is 3. The molecule has 0 spiro atoms. The summed E-state index contributed by atoms with van der Waals surface area (Å²) in [5.41, 5.74) is 0.529. The van der Waals surface area contributed by atoms with Gasteiger partial charge in [-0.05, 0) is 6.42 Å². The Bertz CT molecular complexity index is 873. The van der Waals surface area contributed by atoms with Crippen molar-refractivity contribution in [1.82, 2.24) is 0 Å². The zero-order valence-electron chi connectivity index (χ0n) is 15.5. The van der Waals surface area contributed by atoms with Gasteiger partial charge in [-0.2, -0.15) is 0 Å². The third kappa shape index (κ3) is 3.68. The highest BCUT2D eigenvalue weighted by Crippen LogP contribution is 2.42. The van der Waals surface area contributed by atoms with Gasteiger partial charge < -0.3 is 15.5 Å². The molecule has 0 aromatic heterocycles. The van der Waals surface area contributed by atoms with Gasteiger partial charge in [0.1, 0.15) is 5.75 Å². The van der Waals surface area contributed by atoms with E-state index in [2.05, 4.69) is 12.2 Å². The van der Waals surface area contributed by atoms with Crippen LogP contribution in [0.25, 0.3) is 0 Å². The first-order chi connectivity index (χ1) is 13.1. The lowest BCUT2D eigenvalue weighted by atomic mass is 9.82. The second-order valence-electron chi connectivity index (χ2n) is 6.94. The first-order valence-corrected chi connectivity index (χ1v) is 9.57. The minimum absolute atomic E-state index is 0.121. The number of phenols is 2. The van der Waals surface area contributed by atoms with Gasteiger partial charge in [-0.3, -0.25) is 9.59 Å². The molecule has 0 saturated heterocycles. The zero-order chi connectivity index (χ0) is 19.4. The molecule has 142 valence electrons. The largest absolute Gasteiger partial charge is 0.507 e. The molecule has 0 bridgehead atoms. The van der Waals surface area contributed by atoms with E-state index >= 15 is 0 Å². The van der Waals surface area contributed by atoms with Gasteiger partial charge in [0.05, 0.1) is 16.8 Å². The van der Waals surface area contributed by atoms with Crippen molar-refractivity contribution in [2.75, 3.05) is 11.9 Å². The molecule has 0 fully saturated rings. The monoisotopic (exact) mass is 367 g/mol. The van der Waals surface area contributed by atoms with Crippen LogP contribution >= 0.6 is 0 Å². The van der Waals surface area contributed by atoms with Crippen LogP contribution in [0.1, 0.15) is 77.3 Å². The first kappa shape index (κ1) is 19.0. The van der Waals surface area contributed by atoms with Gasteiger partial charge in [0.25, 0.3) is 0 Å². The Hall–Kier alpha value is -2.82. The minimum atomic E-state index is -0.449. The molecule has 0 atom stereocenters. The summed E-state index contributed by atoms with van der Waals surface area (Å²) in [7, 11) is 0. The molecule has 0 amide bonds. The summed E-state index contributed by atoms with van der Waals surface area (Å²) in [6, 6.07) is 7.78. The molecule has 0 unspecified atom stereocenters. The number of ketones is 2. The number of nitrogens with one attached hydrogen (secondary N) is 1. The third-order valence-electron chi connectivity index (χ3n) is 5.00. The van der Waals surface area contributed by atoms with Crippen LogP contribution in [0.3, 0.4) is 0 Å². The van der Waals surface area contributed by atoms with Crippen LogP contribution < -0.4 is 5.32 Å². The molecule has 3 rings (SSSR count). The SMILES string of the molecule is CCCCCCCCNc1cc(O)c2c(c1O)C(=O)c1ccccc1C2=O. The standard InChI is InChI=1S/C22H25NO4/c1-2-3-4-5-6-9-12-23-16-13-17(24)18-19(22(16)27)21(26)15-11-8-7-10-14(15)20(18)25/h7-8,10-11,13,23-24,27H,2-6,9,12H2,1H3. The van der Waals surface area contributed by atoms with E-state index < -0.39 is 11.6 Å². The third-order valence-corrected chi connectivity index (χ3v) is 5.00. The van der Waals surface area contributed by atoms with E-state index in [1.807, 2.05) is 0 Å². The summed E-state index contributed by atoms with van der Waals surface area (Å²) in [6.45, 7) is 2.80. The van der Waals surface area contributed by atoms with Gasteiger partial charge in [-0.15, -0.1) is 0 Å². The summed E-state index contributed by atoms with van der Waals surface area (Å²) >= 11 is 0. The molecule has 2 aromatic rings. The molecule has 3 N–H and O–H groups in total. The minimum Gasteiger partial charge on any atom is -0.507 e. The average Bonchev–Trinajstić information content (AvgIpc) is 2.67. The maximum atomic E-state index is 12.8. The number of rotatable bonds is 8. The Morgan fingerprint density at radius 1 is 0.852 bits per heavy atom. The number of aromatic hydroxyl groups is 2. The molecule has 0 heterocycles. The molecule has 0 radical (unpaired) electrons. The Labute approximate surface area is 159 Å². The maximum Gasteiger partial charge on any atom is 0.198 e. The average molecular weight is 367 g/mol. The van der Waals surface area contributed by atoms with E-state index in [9.17, 15) is 19.8 Å².